The summed E-state index contributed by atoms with van der Waals surface area (Å²) in [6.07, 6.45) is 1.52. The van der Waals surface area contributed by atoms with E-state index in [1.54, 1.807) is 19.2 Å². The van der Waals surface area contributed by atoms with Crippen LogP contribution in [-0.4, -0.2) is 22.3 Å². The number of ether oxygens (including phenoxy) is 1. The average molecular weight is 325 g/mol. The molecule has 122 valence electrons. The van der Waals surface area contributed by atoms with E-state index in [0.29, 0.717) is 18.1 Å². The molecule has 0 radical (unpaired) electrons. The van der Waals surface area contributed by atoms with Gasteiger partial charge in [-0.05, 0) is 24.3 Å². The van der Waals surface area contributed by atoms with Crippen LogP contribution in [-0.2, 0) is 6.54 Å². The molecule has 0 aliphatic carbocycles. The molecule has 1 heterocycles. The molecule has 0 bridgehead atoms. The number of hydrogen-bond donors (Lipinski definition) is 2. The van der Waals surface area contributed by atoms with Gasteiger partial charge in [-0.2, -0.15) is 10.1 Å². The zero-order valence-corrected chi connectivity index (χ0v) is 13.0. The first-order chi connectivity index (χ1) is 11.7. The van der Waals surface area contributed by atoms with Gasteiger partial charge in [0.25, 0.3) is 0 Å². The predicted octanol–water partition coefficient (Wildman–Crippen LogP) is 3.38. The molecule has 0 amide bonds. The van der Waals surface area contributed by atoms with E-state index in [4.69, 9.17) is 4.74 Å². The maximum atomic E-state index is 13.2. The summed E-state index contributed by atoms with van der Waals surface area (Å²) in [6.45, 7) is 0.530. The molecule has 2 aromatic carbocycles. The number of para-hydroxylation sites is 1. The second-order valence-electron chi connectivity index (χ2n) is 4.97. The minimum atomic E-state index is -0.335. The number of nitrogens with one attached hydrogen (secondary N) is 2. The van der Waals surface area contributed by atoms with Crippen LogP contribution in [0, 0.1) is 5.82 Å². The van der Waals surface area contributed by atoms with Gasteiger partial charge in [0.2, 0.25) is 5.95 Å². The van der Waals surface area contributed by atoms with Gasteiger partial charge >= 0.3 is 0 Å². The van der Waals surface area contributed by atoms with Crippen LogP contribution in [0.4, 0.5) is 21.8 Å². The Hall–Kier alpha value is -3.22. The van der Waals surface area contributed by atoms with Crippen molar-refractivity contribution in [2.75, 3.05) is 17.7 Å². The van der Waals surface area contributed by atoms with Crippen molar-refractivity contribution in [3.8, 4) is 5.75 Å². The minimum absolute atomic E-state index is 0.283. The van der Waals surface area contributed by atoms with E-state index < -0.39 is 0 Å². The van der Waals surface area contributed by atoms with E-state index in [0.717, 1.165) is 11.3 Å². The third kappa shape index (κ3) is 3.95. The van der Waals surface area contributed by atoms with Crippen molar-refractivity contribution in [2.24, 2.45) is 0 Å². The van der Waals surface area contributed by atoms with E-state index in [-0.39, 0.29) is 11.8 Å². The number of hydrogen-bond acceptors (Lipinski definition) is 6. The Morgan fingerprint density at radius 3 is 2.83 bits per heavy atom. The van der Waals surface area contributed by atoms with Crippen molar-refractivity contribution in [1.29, 1.82) is 0 Å². The first kappa shape index (κ1) is 15.7. The number of methoxy groups -OCH3 is 1. The fraction of sp³-hybridized carbons (Fsp3) is 0.118. The molecule has 0 spiro atoms. The first-order valence-electron chi connectivity index (χ1n) is 7.32. The first-order valence-corrected chi connectivity index (χ1v) is 7.32. The van der Waals surface area contributed by atoms with Gasteiger partial charge in [-0.15, -0.1) is 5.10 Å². The highest BCUT2D eigenvalue weighted by Gasteiger charge is 2.05. The number of rotatable bonds is 6. The molecule has 2 N–H and O–H groups in total. The van der Waals surface area contributed by atoms with Crippen LogP contribution < -0.4 is 15.4 Å². The number of halogens is 1. The third-order valence-electron chi connectivity index (χ3n) is 3.29. The Morgan fingerprint density at radius 1 is 1.12 bits per heavy atom. The molecule has 24 heavy (non-hydrogen) atoms. The predicted molar refractivity (Wildman–Crippen MR) is 89.8 cm³/mol. The molecule has 0 unspecified atom stereocenters. The highest BCUT2D eigenvalue weighted by Crippen LogP contribution is 2.19. The second kappa shape index (κ2) is 7.36. The fourth-order valence-electron chi connectivity index (χ4n) is 2.17. The Balaban J connectivity index is 1.69. The van der Waals surface area contributed by atoms with Gasteiger partial charge in [0.15, 0.2) is 5.82 Å². The lowest BCUT2D eigenvalue weighted by Crippen LogP contribution is -2.06. The smallest absolute Gasteiger partial charge is 0.249 e. The van der Waals surface area contributed by atoms with E-state index in [1.165, 1.54) is 18.3 Å². The molecule has 0 aliphatic heterocycles. The second-order valence-corrected chi connectivity index (χ2v) is 4.97. The van der Waals surface area contributed by atoms with Gasteiger partial charge in [0.1, 0.15) is 11.6 Å². The van der Waals surface area contributed by atoms with Gasteiger partial charge in [-0.25, -0.2) is 4.39 Å². The van der Waals surface area contributed by atoms with Crippen molar-refractivity contribution in [2.45, 2.75) is 6.54 Å². The zero-order chi connectivity index (χ0) is 16.8. The molecule has 7 heteroatoms. The van der Waals surface area contributed by atoms with Crippen LogP contribution in [0.1, 0.15) is 5.56 Å². The molecule has 1 aromatic heterocycles. The standard InChI is InChI=1S/C17H16FN5O/c1-24-15-8-3-2-5-12(15)10-19-16-11-20-23-17(22-16)21-14-7-4-6-13(18)9-14/h2-9,11H,10H2,1H3,(H2,19,21,22,23). The molecule has 0 fully saturated rings. The highest BCUT2D eigenvalue weighted by molar-refractivity contribution is 5.54. The lowest BCUT2D eigenvalue weighted by Gasteiger charge is -2.10. The third-order valence-corrected chi connectivity index (χ3v) is 3.29. The largest absolute Gasteiger partial charge is 0.496 e. The number of benzene rings is 2. The van der Waals surface area contributed by atoms with Crippen molar-refractivity contribution >= 4 is 17.5 Å². The molecule has 0 saturated heterocycles. The van der Waals surface area contributed by atoms with Crippen molar-refractivity contribution < 1.29 is 9.13 Å². The number of nitrogens with zero attached hydrogens (tertiary/aromatic N) is 3. The maximum absolute atomic E-state index is 13.2. The Labute approximate surface area is 138 Å². The van der Waals surface area contributed by atoms with E-state index in [1.807, 2.05) is 24.3 Å². The van der Waals surface area contributed by atoms with Crippen LogP contribution in [0.15, 0.2) is 54.7 Å². The van der Waals surface area contributed by atoms with Crippen molar-refractivity contribution in [3.05, 3.63) is 66.1 Å². The van der Waals surface area contributed by atoms with Crippen molar-refractivity contribution in [1.82, 2.24) is 15.2 Å². The van der Waals surface area contributed by atoms with Crippen LogP contribution in [0.5, 0.6) is 5.75 Å². The molecule has 0 atom stereocenters. The molecule has 3 aromatic rings. The van der Waals surface area contributed by atoms with Gasteiger partial charge in [0.05, 0.1) is 13.3 Å². The summed E-state index contributed by atoms with van der Waals surface area (Å²) in [7, 11) is 1.63. The Morgan fingerprint density at radius 2 is 2.00 bits per heavy atom. The van der Waals surface area contributed by atoms with E-state index in [9.17, 15) is 4.39 Å². The topological polar surface area (TPSA) is 72.0 Å². The molecule has 3 rings (SSSR count). The van der Waals surface area contributed by atoms with Crippen LogP contribution >= 0.6 is 0 Å². The molecule has 0 aliphatic rings. The SMILES string of the molecule is COc1ccccc1CNc1cnnc(Nc2cccc(F)c2)n1. The summed E-state index contributed by atoms with van der Waals surface area (Å²) < 4.78 is 18.5. The maximum Gasteiger partial charge on any atom is 0.249 e. The quantitative estimate of drug-likeness (QED) is 0.724. The van der Waals surface area contributed by atoms with Crippen LogP contribution in [0.2, 0.25) is 0 Å². The monoisotopic (exact) mass is 325 g/mol. The lowest BCUT2D eigenvalue weighted by molar-refractivity contribution is 0.410. The lowest BCUT2D eigenvalue weighted by atomic mass is 10.2. The number of aromatic nitrogens is 3. The molecule has 0 saturated carbocycles. The van der Waals surface area contributed by atoms with Gasteiger partial charge in [-0.1, -0.05) is 24.3 Å². The van der Waals surface area contributed by atoms with Crippen LogP contribution in [0.3, 0.4) is 0 Å². The zero-order valence-electron chi connectivity index (χ0n) is 13.0. The normalized spacial score (nSPS) is 10.2. The summed E-state index contributed by atoms with van der Waals surface area (Å²) in [4.78, 5) is 4.31. The summed E-state index contributed by atoms with van der Waals surface area (Å²) in [5, 5.41) is 13.9. The van der Waals surface area contributed by atoms with Gasteiger partial charge in [0, 0.05) is 17.8 Å². The molecular weight excluding hydrogens is 309 g/mol. The van der Waals surface area contributed by atoms with Gasteiger partial charge < -0.3 is 15.4 Å². The molecular formula is C17H16FN5O. The van der Waals surface area contributed by atoms with Gasteiger partial charge in [-0.3, -0.25) is 0 Å². The average Bonchev–Trinajstić information content (AvgIpc) is 2.60. The Bertz CT molecular complexity index is 827. The highest BCUT2D eigenvalue weighted by atomic mass is 19.1. The summed E-state index contributed by atoms with van der Waals surface area (Å²) >= 11 is 0. The minimum Gasteiger partial charge on any atom is -0.496 e. The fourth-order valence-corrected chi connectivity index (χ4v) is 2.17. The summed E-state index contributed by atoms with van der Waals surface area (Å²) in [6, 6.07) is 13.8. The van der Waals surface area contributed by atoms with Crippen LogP contribution in [0.25, 0.3) is 0 Å². The summed E-state index contributed by atoms with van der Waals surface area (Å²) in [5.74, 6) is 1.30. The number of anilines is 3. The molecule has 6 nitrogen and oxygen atoms in total. The van der Waals surface area contributed by atoms with E-state index >= 15 is 0 Å². The van der Waals surface area contributed by atoms with Crippen molar-refractivity contribution in [3.63, 3.8) is 0 Å². The summed E-state index contributed by atoms with van der Waals surface area (Å²) in [5.41, 5.74) is 1.55. The van der Waals surface area contributed by atoms with E-state index in [2.05, 4.69) is 25.8 Å². The Kier molecular flexibility index (Phi) is 4.81.